The highest BCUT2D eigenvalue weighted by Gasteiger charge is 2.42. The number of ether oxygens (including phenoxy) is 1. The number of carboxylic acids is 1. The number of anilines is 1. The fourth-order valence-corrected chi connectivity index (χ4v) is 2.48. The molecule has 0 bridgehead atoms. The molecule has 21 heavy (non-hydrogen) atoms. The van der Waals surface area contributed by atoms with E-state index in [0.717, 1.165) is 5.69 Å². The number of para-hydroxylation sites is 1. The van der Waals surface area contributed by atoms with Crippen molar-refractivity contribution in [1.82, 2.24) is 4.90 Å². The molecule has 0 aromatic heterocycles. The first-order chi connectivity index (χ1) is 10.1. The van der Waals surface area contributed by atoms with Crippen molar-refractivity contribution in [2.45, 2.75) is 25.3 Å². The summed E-state index contributed by atoms with van der Waals surface area (Å²) in [6.07, 6.45) is 0.308. The van der Waals surface area contributed by atoms with Crippen LogP contribution in [0.4, 0.5) is 10.5 Å². The van der Waals surface area contributed by atoms with E-state index in [1.54, 1.807) is 11.8 Å². The van der Waals surface area contributed by atoms with Crippen LogP contribution in [0.1, 0.15) is 19.8 Å². The summed E-state index contributed by atoms with van der Waals surface area (Å²) in [4.78, 5) is 24.9. The van der Waals surface area contributed by atoms with Gasteiger partial charge in [-0.15, -0.1) is 0 Å². The second-order valence-electron chi connectivity index (χ2n) is 5.06. The van der Waals surface area contributed by atoms with Crippen molar-refractivity contribution >= 4 is 17.7 Å². The number of nitrogens with one attached hydrogen (secondary N) is 1. The SMILES string of the molecule is CCOC(=O)N1CCC(Nc2ccccc2)(C(=O)O)CC1. The molecule has 1 heterocycles. The summed E-state index contributed by atoms with van der Waals surface area (Å²) in [5.74, 6) is -0.894. The van der Waals surface area contributed by atoms with Gasteiger partial charge in [-0.1, -0.05) is 18.2 Å². The average molecular weight is 292 g/mol. The number of carbonyl (C=O) groups is 2. The predicted octanol–water partition coefficient (Wildman–Crippen LogP) is 2.17. The molecule has 1 fully saturated rings. The van der Waals surface area contributed by atoms with Gasteiger partial charge in [0.2, 0.25) is 0 Å². The molecule has 0 saturated carbocycles. The summed E-state index contributed by atoms with van der Waals surface area (Å²) in [6, 6.07) is 9.25. The van der Waals surface area contributed by atoms with Crippen LogP contribution in [0, 0.1) is 0 Å². The Kier molecular flexibility index (Phi) is 4.67. The van der Waals surface area contributed by atoms with Gasteiger partial charge in [0.1, 0.15) is 5.54 Å². The van der Waals surface area contributed by atoms with Crippen molar-refractivity contribution < 1.29 is 19.4 Å². The third-order valence-corrected chi connectivity index (χ3v) is 3.71. The lowest BCUT2D eigenvalue weighted by molar-refractivity contribution is -0.144. The number of amides is 1. The van der Waals surface area contributed by atoms with Crippen LogP contribution >= 0.6 is 0 Å². The Morgan fingerprint density at radius 2 is 1.90 bits per heavy atom. The second kappa shape index (κ2) is 6.47. The van der Waals surface area contributed by atoms with Gasteiger partial charge in [-0.3, -0.25) is 0 Å². The number of carboxylic acid groups (broad SMARTS) is 1. The van der Waals surface area contributed by atoms with Crippen molar-refractivity contribution in [3.63, 3.8) is 0 Å². The number of rotatable bonds is 4. The van der Waals surface area contributed by atoms with Gasteiger partial charge >= 0.3 is 12.1 Å². The van der Waals surface area contributed by atoms with Crippen LogP contribution in [0.5, 0.6) is 0 Å². The maximum atomic E-state index is 11.7. The highest BCUT2D eigenvalue weighted by Crippen LogP contribution is 2.27. The Labute approximate surface area is 123 Å². The lowest BCUT2D eigenvalue weighted by Crippen LogP contribution is -2.55. The molecule has 2 N–H and O–H groups in total. The maximum absolute atomic E-state index is 11.7. The smallest absolute Gasteiger partial charge is 0.409 e. The van der Waals surface area contributed by atoms with E-state index < -0.39 is 11.5 Å². The lowest BCUT2D eigenvalue weighted by Gasteiger charge is -2.39. The van der Waals surface area contributed by atoms with Crippen LogP contribution < -0.4 is 5.32 Å². The largest absolute Gasteiger partial charge is 0.480 e. The second-order valence-corrected chi connectivity index (χ2v) is 5.06. The molecule has 6 nitrogen and oxygen atoms in total. The molecule has 1 saturated heterocycles. The Morgan fingerprint density at radius 3 is 2.43 bits per heavy atom. The molecule has 1 aromatic carbocycles. The van der Waals surface area contributed by atoms with Crippen molar-refractivity contribution in [1.29, 1.82) is 0 Å². The van der Waals surface area contributed by atoms with E-state index in [9.17, 15) is 14.7 Å². The Hall–Kier alpha value is -2.24. The van der Waals surface area contributed by atoms with Crippen LogP contribution in [0.15, 0.2) is 30.3 Å². The summed E-state index contributed by atoms with van der Waals surface area (Å²) in [5, 5.41) is 12.7. The molecule has 2 rings (SSSR count). The highest BCUT2D eigenvalue weighted by atomic mass is 16.6. The molecule has 0 atom stereocenters. The Morgan fingerprint density at radius 1 is 1.29 bits per heavy atom. The van der Waals surface area contributed by atoms with Gasteiger partial charge in [0.25, 0.3) is 0 Å². The van der Waals surface area contributed by atoms with E-state index >= 15 is 0 Å². The number of hydrogen-bond donors (Lipinski definition) is 2. The fourth-order valence-electron chi connectivity index (χ4n) is 2.48. The summed E-state index contributed by atoms with van der Waals surface area (Å²) in [6.45, 7) is 2.80. The quantitative estimate of drug-likeness (QED) is 0.889. The molecule has 6 heteroatoms. The number of nitrogens with zero attached hydrogens (tertiary/aromatic N) is 1. The molecular weight excluding hydrogens is 272 g/mol. The number of carbonyl (C=O) groups excluding carboxylic acids is 1. The lowest BCUT2D eigenvalue weighted by atomic mass is 9.87. The Bertz CT molecular complexity index is 496. The zero-order chi connectivity index (χ0) is 15.3. The van der Waals surface area contributed by atoms with Gasteiger partial charge in [-0.2, -0.15) is 0 Å². The van der Waals surface area contributed by atoms with Crippen LogP contribution in [-0.2, 0) is 9.53 Å². The molecule has 114 valence electrons. The van der Waals surface area contributed by atoms with Gasteiger partial charge in [-0.25, -0.2) is 9.59 Å². The zero-order valence-electron chi connectivity index (χ0n) is 12.0. The number of hydrogen-bond acceptors (Lipinski definition) is 4. The third-order valence-electron chi connectivity index (χ3n) is 3.71. The first-order valence-electron chi connectivity index (χ1n) is 7.06. The van der Waals surface area contributed by atoms with Crippen molar-refractivity contribution in [2.24, 2.45) is 0 Å². The topological polar surface area (TPSA) is 78.9 Å². The van der Waals surface area contributed by atoms with Crippen molar-refractivity contribution in [3.05, 3.63) is 30.3 Å². The van der Waals surface area contributed by atoms with Crippen molar-refractivity contribution in [3.8, 4) is 0 Å². The van der Waals surface area contributed by atoms with Crippen molar-refractivity contribution in [2.75, 3.05) is 25.0 Å². The average Bonchev–Trinajstić information content (AvgIpc) is 2.49. The number of piperidine rings is 1. The zero-order valence-corrected chi connectivity index (χ0v) is 12.0. The highest BCUT2D eigenvalue weighted by molar-refractivity contribution is 5.83. The number of likely N-dealkylation sites (tertiary alicyclic amines) is 1. The predicted molar refractivity (Wildman–Crippen MR) is 78.3 cm³/mol. The third kappa shape index (κ3) is 3.45. The molecule has 0 radical (unpaired) electrons. The number of aliphatic carboxylic acids is 1. The van der Waals surface area contributed by atoms with E-state index in [4.69, 9.17) is 4.74 Å². The first-order valence-corrected chi connectivity index (χ1v) is 7.06. The fraction of sp³-hybridized carbons (Fsp3) is 0.467. The van der Waals surface area contributed by atoms with Gasteiger partial charge in [0, 0.05) is 18.8 Å². The van der Waals surface area contributed by atoms with Crippen LogP contribution in [0.3, 0.4) is 0 Å². The molecule has 1 aromatic rings. The van der Waals surface area contributed by atoms with Gasteiger partial charge in [0.05, 0.1) is 6.61 Å². The minimum Gasteiger partial charge on any atom is -0.480 e. The monoisotopic (exact) mass is 292 g/mol. The maximum Gasteiger partial charge on any atom is 0.409 e. The Balaban J connectivity index is 2.05. The van der Waals surface area contributed by atoms with E-state index in [2.05, 4.69) is 5.32 Å². The van der Waals surface area contributed by atoms with Gasteiger partial charge in [-0.05, 0) is 31.9 Å². The van der Waals surface area contributed by atoms with E-state index in [-0.39, 0.29) is 6.09 Å². The van der Waals surface area contributed by atoms with Crippen LogP contribution in [0.2, 0.25) is 0 Å². The molecule has 1 aliphatic heterocycles. The molecule has 1 amide bonds. The van der Waals surface area contributed by atoms with E-state index in [0.29, 0.717) is 32.5 Å². The minimum absolute atomic E-state index is 0.321. The standard InChI is InChI=1S/C15H20N2O4/c1-2-21-14(20)17-10-8-15(9-11-17,13(18)19)16-12-6-4-3-5-7-12/h3-7,16H,2,8-11H2,1H3,(H,18,19). The minimum atomic E-state index is -1.04. The van der Waals surface area contributed by atoms with Crippen LogP contribution in [-0.4, -0.2) is 47.3 Å². The normalized spacial score (nSPS) is 17.1. The summed E-state index contributed by atoms with van der Waals surface area (Å²) >= 11 is 0. The molecular formula is C15H20N2O4. The molecule has 0 unspecified atom stereocenters. The van der Waals surface area contributed by atoms with Gasteiger partial charge < -0.3 is 20.1 Å². The van der Waals surface area contributed by atoms with Gasteiger partial charge in [0.15, 0.2) is 0 Å². The van der Waals surface area contributed by atoms with E-state index in [1.807, 2.05) is 30.3 Å². The van der Waals surface area contributed by atoms with Crippen LogP contribution in [0.25, 0.3) is 0 Å². The van der Waals surface area contributed by atoms with E-state index in [1.165, 1.54) is 0 Å². The summed E-state index contributed by atoms with van der Waals surface area (Å²) in [7, 11) is 0. The molecule has 0 aliphatic carbocycles. The molecule has 1 aliphatic rings. The molecule has 0 spiro atoms. The number of benzene rings is 1. The summed E-state index contributed by atoms with van der Waals surface area (Å²) in [5.41, 5.74) is -0.269. The first kappa shape index (κ1) is 15.2. The summed E-state index contributed by atoms with van der Waals surface area (Å²) < 4.78 is 4.95.